The van der Waals surface area contributed by atoms with E-state index in [-0.39, 0.29) is 23.1 Å². The Labute approximate surface area is 159 Å². The van der Waals surface area contributed by atoms with Crippen molar-refractivity contribution in [2.45, 2.75) is 6.54 Å². The fraction of sp³-hybridized carbons (Fsp3) is 0.222. The molecular formula is C18H15Cl2FN2O3. The van der Waals surface area contributed by atoms with Gasteiger partial charge in [0.2, 0.25) is 0 Å². The van der Waals surface area contributed by atoms with Crippen molar-refractivity contribution < 1.29 is 18.7 Å². The van der Waals surface area contributed by atoms with Gasteiger partial charge in [-0.1, -0.05) is 35.3 Å². The highest BCUT2D eigenvalue weighted by Gasteiger charge is 2.34. The van der Waals surface area contributed by atoms with Gasteiger partial charge >= 0.3 is 11.8 Å². The first kappa shape index (κ1) is 18.5. The lowest BCUT2D eigenvalue weighted by Gasteiger charge is -2.34. The van der Waals surface area contributed by atoms with Crippen LogP contribution in [0.4, 0.5) is 10.1 Å². The molecule has 1 fully saturated rings. The predicted molar refractivity (Wildman–Crippen MR) is 97.2 cm³/mol. The molecule has 5 nitrogen and oxygen atoms in total. The van der Waals surface area contributed by atoms with E-state index >= 15 is 0 Å². The van der Waals surface area contributed by atoms with Gasteiger partial charge in [0.1, 0.15) is 16.6 Å². The number of amides is 2. The molecule has 0 aromatic heterocycles. The van der Waals surface area contributed by atoms with Crippen LogP contribution in [-0.2, 0) is 16.1 Å². The lowest BCUT2D eigenvalue weighted by atomic mass is 10.1. The first-order chi connectivity index (χ1) is 12.4. The van der Waals surface area contributed by atoms with Gasteiger partial charge in [0.25, 0.3) is 0 Å². The van der Waals surface area contributed by atoms with Crippen molar-refractivity contribution in [3.8, 4) is 5.75 Å². The van der Waals surface area contributed by atoms with Crippen molar-refractivity contribution in [3.63, 3.8) is 0 Å². The molecule has 2 aromatic carbocycles. The van der Waals surface area contributed by atoms with Crippen molar-refractivity contribution in [2.24, 2.45) is 0 Å². The second kappa shape index (κ2) is 7.51. The Kier molecular flexibility index (Phi) is 5.34. The van der Waals surface area contributed by atoms with Crippen LogP contribution < -0.4 is 9.64 Å². The lowest BCUT2D eigenvalue weighted by Crippen LogP contribution is -2.54. The number of anilines is 1. The number of carbonyl (C=O) groups excluding carboxylic acids is 2. The van der Waals surface area contributed by atoms with Crippen molar-refractivity contribution in [3.05, 3.63) is 57.8 Å². The Bertz CT molecular complexity index is 876. The number of nitrogens with zero attached hydrogens (tertiary/aromatic N) is 2. The Morgan fingerprint density at radius 3 is 2.58 bits per heavy atom. The zero-order chi connectivity index (χ0) is 18.8. The van der Waals surface area contributed by atoms with E-state index in [1.807, 2.05) is 0 Å². The molecule has 2 aromatic rings. The highest BCUT2D eigenvalue weighted by molar-refractivity contribution is 6.43. The Morgan fingerprint density at radius 1 is 1.12 bits per heavy atom. The highest BCUT2D eigenvalue weighted by atomic mass is 35.5. The molecule has 1 aliphatic heterocycles. The third-order valence-electron chi connectivity index (χ3n) is 4.14. The summed E-state index contributed by atoms with van der Waals surface area (Å²) in [6.45, 7) is 0.700. The van der Waals surface area contributed by atoms with Gasteiger partial charge in [0, 0.05) is 24.7 Å². The molecule has 1 heterocycles. The number of halogens is 3. The minimum absolute atomic E-state index is 0.128. The largest absolute Gasteiger partial charge is 0.495 e. The van der Waals surface area contributed by atoms with Crippen LogP contribution in [0.15, 0.2) is 36.4 Å². The molecule has 0 radical (unpaired) electrons. The molecule has 26 heavy (non-hydrogen) atoms. The number of carbonyl (C=O) groups is 2. The summed E-state index contributed by atoms with van der Waals surface area (Å²) in [5.41, 5.74) is 0.992. The molecule has 2 amide bonds. The van der Waals surface area contributed by atoms with Crippen LogP contribution in [0.5, 0.6) is 5.75 Å². The zero-order valence-corrected chi connectivity index (χ0v) is 15.4. The molecule has 0 spiro atoms. The Balaban J connectivity index is 1.80. The number of ether oxygens (including phenoxy) is 1. The van der Waals surface area contributed by atoms with E-state index in [0.717, 1.165) is 0 Å². The van der Waals surface area contributed by atoms with Crippen LogP contribution in [0.25, 0.3) is 0 Å². The zero-order valence-electron chi connectivity index (χ0n) is 13.8. The molecule has 0 bridgehead atoms. The van der Waals surface area contributed by atoms with Crippen molar-refractivity contribution in [1.29, 1.82) is 0 Å². The number of benzene rings is 2. The summed E-state index contributed by atoms with van der Waals surface area (Å²) in [5, 5.41) is 0.481. The smallest absolute Gasteiger partial charge is 0.316 e. The first-order valence-corrected chi connectivity index (χ1v) is 8.55. The van der Waals surface area contributed by atoms with Gasteiger partial charge in [-0.3, -0.25) is 9.59 Å². The van der Waals surface area contributed by atoms with Crippen molar-refractivity contribution in [2.75, 3.05) is 25.1 Å². The molecular weight excluding hydrogens is 382 g/mol. The SMILES string of the molecule is COc1cccc(N2CCN(Cc3ccc(F)cc3Cl)C(=O)C2=O)c1Cl. The lowest BCUT2D eigenvalue weighted by molar-refractivity contribution is -0.146. The van der Waals surface area contributed by atoms with E-state index in [9.17, 15) is 14.0 Å². The average Bonchev–Trinajstić information content (AvgIpc) is 2.62. The van der Waals surface area contributed by atoms with E-state index in [2.05, 4.69) is 0 Å². The maximum absolute atomic E-state index is 13.2. The summed E-state index contributed by atoms with van der Waals surface area (Å²) >= 11 is 12.3. The third kappa shape index (κ3) is 3.48. The molecule has 0 atom stereocenters. The number of hydrogen-bond acceptors (Lipinski definition) is 3. The molecule has 0 N–H and O–H groups in total. The fourth-order valence-corrected chi connectivity index (χ4v) is 3.31. The molecule has 3 rings (SSSR count). The molecule has 136 valence electrons. The summed E-state index contributed by atoms with van der Waals surface area (Å²) in [6.07, 6.45) is 0. The van der Waals surface area contributed by atoms with Gasteiger partial charge in [-0.05, 0) is 29.8 Å². The number of hydrogen-bond donors (Lipinski definition) is 0. The van der Waals surface area contributed by atoms with Crippen LogP contribution >= 0.6 is 23.2 Å². The fourth-order valence-electron chi connectivity index (χ4n) is 2.78. The van der Waals surface area contributed by atoms with Gasteiger partial charge in [0.05, 0.1) is 12.8 Å². The monoisotopic (exact) mass is 396 g/mol. The molecule has 0 unspecified atom stereocenters. The van der Waals surface area contributed by atoms with Gasteiger partial charge in [0.15, 0.2) is 0 Å². The summed E-state index contributed by atoms with van der Waals surface area (Å²) in [5.74, 6) is -1.40. The van der Waals surface area contributed by atoms with Crippen LogP contribution in [0.1, 0.15) is 5.56 Å². The summed E-state index contributed by atoms with van der Waals surface area (Å²) in [7, 11) is 1.47. The maximum Gasteiger partial charge on any atom is 0.316 e. The molecule has 1 aliphatic rings. The number of rotatable bonds is 4. The van der Waals surface area contributed by atoms with Crippen LogP contribution in [0.3, 0.4) is 0 Å². The Hall–Kier alpha value is -2.31. The molecule has 0 aliphatic carbocycles. The van der Waals surface area contributed by atoms with E-state index in [0.29, 0.717) is 23.5 Å². The van der Waals surface area contributed by atoms with Crippen LogP contribution in [0.2, 0.25) is 10.0 Å². The summed E-state index contributed by atoms with van der Waals surface area (Å²) < 4.78 is 18.3. The second-order valence-electron chi connectivity index (χ2n) is 5.71. The molecule has 1 saturated heterocycles. The summed E-state index contributed by atoms with van der Waals surface area (Å²) in [4.78, 5) is 27.8. The van der Waals surface area contributed by atoms with E-state index in [4.69, 9.17) is 27.9 Å². The second-order valence-corrected chi connectivity index (χ2v) is 6.50. The standard InChI is InChI=1S/C18H15Cl2FN2O3/c1-26-15-4-2-3-14(16(15)20)23-8-7-22(17(24)18(23)25)10-11-5-6-12(21)9-13(11)19/h2-6,9H,7-8,10H2,1H3. The van der Waals surface area contributed by atoms with Gasteiger partial charge in [-0.25, -0.2) is 4.39 Å². The third-order valence-corrected chi connectivity index (χ3v) is 4.87. The van der Waals surface area contributed by atoms with Gasteiger partial charge in [-0.15, -0.1) is 0 Å². The minimum atomic E-state index is -0.690. The van der Waals surface area contributed by atoms with Crippen molar-refractivity contribution >= 4 is 40.7 Å². The van der Waals surface area contributed by atoms with E-state index in [1.54, 1.807) is 18.2 Å². The average molecular weight is 397 g/mol. The van der Waals surface area contributed by atoms with Crippen molar-refractivity contribution in [1.82, 2.24) is 4.90 Å². The number of piperazine rings is 1. The normalized spacial score (nSPS) is 14.8. The highest BCUT2D eigenvalue weighted by Crippen LogP contribution is 2.35. The Morgan fingerprint density at radius 2 is 1.88 bits per heavy atom. The predicted octanol–water partition coefficient (Wildman–Crippen LogP) is 3.52. The van der Waals surface area contributed by atoms with Gasteiger partial charge in [-0.2, -0.15) is 0 Å². The van der Waals surface area contributed by atoms with Gasteiger partial charge < -0.3 is 14.5 Å². The van der Waals surface area contributed by atoms with Crippen LogP contribution in [-0.4, -0.2) is 36.9 Å². The van der Waals surface area contributed by atoms with E-state index in [1.165, 1.54) is 35.1 Å². The number of methoxy groups -OCH3 is 1. The van der Waals surface area contributed by atoms with E-state index < -0.39 is 17.6 Å². The topological polar surface area (TPSA) is 49.9 Å². The maximum atomic E-state index is 13.2. The molecule has 8 heteroatoms. The minimum Gasteiger partial charge on any atom is -0.495 e. The quantitative estimate of drug-likeness (QED) is 0.742. The van der Waals surface area contributed by atoms with Crippen LogP contribution in [0, 0.1) is 5.82 Å². The molecule has 0 saturated carbocycles. The summed E-state index contributed by atoms with van der Waals surface area (Å²) in [6, 6.07) is 8.96. The first-order valence-electron chi connectivity index (χ1n) is 7.79.